The molecule has 1 unspecified atom stereocenters. The zero-order chi connectivity index (χ0) is 18.8. The van der Waals surface area contributed by atoms with Crippen molar-refractivity contribution in [2.75, 3.05) is 5.32 Å². The Morgan fingerprint density at radius 3 is 2.85 bits per heavy atom. The molecule has 7 heteroatoms. The van der Waals surface area contributed by atoms with Crippen LogP contribution in [-0.4, -0.2) is 20.5 Å². The van der Waals surface area contributed by atoms with Gasteiger partial charge in [0.05, 0.1) is 5.69 Å². The van der Waals surface area contributed by atoms with Gasteiger partial charge in [-0.2, -0.15) is 5.10 Å². The molecule has 1 N–H and O–H groups in total. The number of anilines is 1. The monoisotopic (exact) mass is 354 g/mol. The molecule has 0 radical (unpaired) electrons. The predicted molar refractivity (Wildman–Crippen MR) is 98.7 cm³/mol. The minimum Gasteiger partial charge on any atom is -0.427 e. The van der Waals surface area contributed by atoms with E-state index in [4.69, 9.17) is 4.42 Å². The Morgan fingerprint density at radius 2 is 2.15 bits per heavy atom. The Kier molecular flexibility index (Phi) is 4.88. The molecule has 3 heterocycles. The van der Waals surface area contributed by atoms with Gasteiger partial charge >= 0.3 is 5.63 Å². The van der Waals surface area contributed by atoms with Crippen molar-refractivity contribution < 1.29 is 9.21 Å². The lowest BCUT2D eigenvalue weighted by Gasteiger charge is -2.12. The highest BCUT2D eigenvalue weighted by molar-refractivity contribution is 6.06. The maximum Gasteiger partial charge on any atom is 0.349 e. The first-order valence-electron chi connectivity index (χ1n) is 8.68. The summed E-state index contributed by atoms with van der Waals surface area (Å²) >= 11 is 0. The summed E-state index contributed by atoms with van der Waals surface area (Å²) in [4.78, 5) is 29.4. The van der Waals surface area contributed by atoms with Gasteiger partial charge < -0.3 is 9.73 Å². The largest absolute Gasteiger partial charge is 0.427 e. The van der Waals surface area contributed by atoms with E-state index in [-0.39, 0.29) is 11.5 Å². The average Bonchev–Trinajstić information content (AvgIpc) is 2.95. The van der Waals surface area contributed by atoms with Crippen LogP contribution in [0, 0.1) is 13.8 Å². The lowest BCUT2D eigenvalue weighted by Crippen LogP contribution is -2.23. The van der Waals surface area contributed by atoms with Gasteiger partial charge in [0.25, 0.3) is 5.91 Å². The van der Waals surface area contributed by atoms with Gasteiger partial charge in [0.1, 0.15) is 17.1 Å². The average molecular weight is 354 g/mol. The van der Waals surface area contributed by atoms with Crippen molar-refractivity contribution in [3.63, 3.8) is 0 Å². The zero-order valence-electron chi connectivity index (χ0n) is 15.4. The topological polar surface area (TPSA) is 89.5 Å². The number of rotatable bonds is 5. The van der Waals surface area contributed by atoms with Gasteiger partial charge in [-0.3, -0.25) is 4.79 Å². The van der Waals surface area contributed by atoms with Crippen LogP contribution in [0.4, 0.5) is 5.69 Å². The summed E-state index contributed by atoms with van der Waals surface area (Å²) in [6.45, 7) is 7.61. The number of carbonyl (C=O) groups is 1. The Morgan fingerprint density at radius 1 is 1.38 bits per heavy atom. The minimum atomic E-state index is -0.620. The van der Waals surface area contributed by atoms with Crippen molar-refractivity contribution in [3.05, 3.63) is 57.5 Å². The van der Waals surface area contributed by atoms with Crippen LogP contribution in [0.1, 0.15) is 60.1 Å². The molecule has 0 saturated heterocycles. The Bertz CT molecular complexity index is 1020. The number of fused-ring (bicyclic) bond motifs is 1. The molecule has 3 aromatic heterocycles. The van der Waals surface area contributed by atoms with Crippen LogP contribution in [0.5, 0.6) is 0 Å². The third-order valence-corrected chi connectivity index (χ3v) is 4.32. The van der Waals surface area contributed by atoms with E-state index in [2.05, 4.69) is 22.3 Å². The van der Waals surface area contributed by atoms with E-state index < -0.39 is 11.5 Å². The molecule has 3 rings (SSSR count). The number of aryl methyl sites for hydroxylation is 2. The number of hydrogen-bond acceptors (Lipinski definition) is 5. The highest BCUT2D eigenvalue weighted by atomic mass is 16.4. The quantitative estimate of drug-likeness (QED) is 0.758. The summed E-state index contributed by atoms with van der Waals surface area (Å²) in [5, 5.41) is 6.96. The van der Waals surface area contributed by atoms with Crippen molar-refractivity contribution in [2.24, 2.45) is 0 Å². The van der Waals surface area contributed by atoms with Gasteiger partial charge in [0, 0.05) is 12.1 Å². The normalized spacial score (nSPS) is 12.3. The standard InChI is InChI=1S/C19H22N4O3/c1-5-7-11(2)15-10-12(3)16(19(25)26-15)18(24)21-14-8-6-9-23-17(14)20-13(4)22-23/h6,8-11H,5,7H2,1-4H3,(H,21,24). The number of pyridine rings is 1. The van der Waals surface area contributed by atoms with E-state index in [9.17, 15) is 9.59 Å². The van der Waals surface area contributed by atoms with E-state index in [0.717, 1.165) is 12.8 Å². The SMILES string of the molecule is CCCC(C)c1cc(C)c(C(=O)Nc2cccn3nc(C)nc23)c(=O)o1. The molecule has 0 spiro atoms. The summed E-state index contributed by atoms with van der Waals surface area (Å²) in [6.07, 6.45) is 3.66. The number of nitrogens with one attached hydrogen (secondary N) is 1. The molecule has 0 saturated carbocycles. The Labute approximate surface area is 151 Å². The molecule has 1 amide bonds. The van der Waals surface area contributed by atoms with Crippen LogP contribution >= 0.6 is 0 Å². The van der Waals surface area contributed by atoms with Gasteiger partial charge in [-0.15, -0.1) is 0 Å². The first kappa shape index (κ1) is 17.8. The van der Waals surface area contributed by atoms with Crippen molar-refractivity contribution in [3.8, 4) is 0 Å². The fourth-order valence-corrected chi connectivity index (χ4v) is 3.02. The van der Waals surface area contributed by atoms with Gasteiger partial charge in [0.15, 0.2) is 5.65 Å². The summed E-state index contributed by atoms with van der Waals surface area (Å²) in [5.74, 6) is 0.827. The molecular weight excluding hydrogens is 332 g/mol. The molecule has 0 bridgehead atoms. The van der Waals surface area contributed by atoms with Crippen molar-refractivity contribution in [1.29, 1.82) is 0 Å². The summed E-state index contributed by atoms with van der Waals surface area (Å²) < 4.78 is 6.98. The maximum absolute atomic E-state index is 12.7. The first-order valence-corrected chi connectivity index (χ1v) is 8.68. The molecule has 7 nitrogen and oxygen atoms in total. The zero-order valence-corrected chi connectivity index (χ0v) is 15.4. The third-order valence-electron chi connectivity index (χ3n) is 4.32. The molecule has 0 aliphatic rings. The summed E-state index contributed by atoms with van der Waals surface area (Å²) in [5.41, 5.74) is 0.996. The van der Waals surface area contributed by atoms with Gasteiger partial charge in [-0.25, -0.2) is 14.3 Å². The number of amides is 1. The van der Waals surface area contributed by atoms with Crippen molar-refractivity contribution in [1.82, 2.24) is 14.6 Å². The van der Waals surface area contributed by atoms with Gasteiger partial charge in [-0.1, -0.05) is 20.3 Å². The molecular formula is C19H22N4O3. The highest BCUT2D eigenvalue weighted by Gasteiger charge is 2.20. The number of carbonyl (C=O) groups excluding carboxylic acids is 1. The van der Waals surface area contributed by atoms with E-state index >= 15 is 0 Å². The second kappa shape index (κ2) is 7.11. The predicted octanol–water partition coefficient (Wildman–Crippen LogP) is 3.46. The third kappa shape index (κ3) is 3.37. The van der Waals surface area contributed by atoms with E-state index in [1.807, 2.05) is 6.92 Å². The molecule has 136 valence electrons. The maximum atomic E-state index is 12.7. The second-order valence-corrected chi connectivity index (χ2v) is 6.49. The number of aromatic nitrogens is 3. The van der Waals surface area contributed by atoms with Crippen LogP contribution in [0.15, 0.2) is 33.6 Å². The minimum absolute atomic E-state index is 0.00990. The Balaban J connectivity index is 1.93. The first-order chi connectivity index (χ1) is 12.4. The van der Waals surface area contributed by atoms with Crippen molar-refractivity contribution >= 4 is 17.2 Å². The van der Waals surface area contributed by atoms with Crippen molar-refractivity contribution in [2.45, 2.75) is 46.5 Å². The Hall–Kier alpha value is -2.96. The molecule has 3 aromatic rings. The molecule has 0 aromatic carbocycles. The van der Waals surface area contributed by atoms with Crippen LogP contribution in [0.3, 0.4) is 0 Å². The molecule has 1 atom stereocenters. The van der Waals surface area contributed by atoms with Crippen LogP contribution in [-0.2, 0) is 0 Å². The number of nitrogens with zero attached hydrogens (tertiary/aromatic N) is 3. The molecule has 0 aliphatic heterocycles. The fourth-order valence-electron chi connectivity index (χ4n) is 3.02. The van der Waals surface area contributed by atoms with Gasteiger partial charge in [-0.05, 0) is 44.0 Å². The fraction of sp³-hybridized carbons (Fsp3) is 0.368. The molecule has 0 aliphatic carbocycles. The molecule has 0 fully saturated rings. The van der Waals surface area contributed by atoms with Crippen LogP contribution in [0.25, 0.3) is 5.65 Å². The van der Waals surface area contributed by atoms with Crippen LogP contribution in [0.2, 0.25) is 0 Å². The lowest BCUT2D eigenvalue weighted by molar-refractivity contribution is 0.102. The van der Waals surface area contributed by atoms with Crippen LogP contribution < -0.4 is 10.9 Å². The number of hydrogen-bond donors (Lipinski definition) is 1. The second-order valence-electron chi connectivity index (χ2n) is 6.49. The molecule has 26 heavy (non-hydrogen) atoms. The summed E-state index contributed by atoms with van der Waals surface area (Å²) in [7, 11) is 0. The summed E-state index contributed by atoms with van der Waals surface area (Å²) in [6, 6.07) is 5.25. The highest BCUT2D eigenvalue weighted by Crippen LogP contribution is 2.22. The van der Waals surface area contributed by atoms with E-state index in [1.54, 1.807) is 42.8 Å². The van der Waals surface area contributed by atoms with E-state index in [0.29, 0.717) is 28.5 Å². The van der Waals surface area contributed by atoms with E-state index in [1.165, 1.54) is 0 Å². The lowest BCUT2D eigenvalue weighted by atomic mass is 10.0. The smallest absolute Gasteiger partial charge is 0.349 e. The van der Waals surface area contributed by atoms with Gasteiger partial charge in [0.2, 0.25) is 0 Å².